The third kappa shape index (κ3) is 6.04. The van der Waals surface area contributed by atoms with Crippen LogP contribution in [0.4, 0.5) is 5.69 Å². The van der Waals surface area contributed by atoms with Crippen LogP contribution < -0.4 is 5.32 Å². The van der Waals surface area contributed by atoms with Gasteiger partial charge in [-0.2, -0.15) is 0 Å². The predicted molar refractivity (Wildman–Crippen MR) is 100 cm³/mol. The minimum Gasteiger partial charge on any atom is -0.462 e. The zero-order chi connectivity index (χ0) is 19.6. The van der Waals surface area contributed by atoms with Gasteiger partial charge in [0.1, 0.15) is 0 Å². The molecule has 2 rings (SSSR count). The summed E-state index contributed by atoms with van der Waals surface area (Å²) in [6, 6.07) is 6.48. The molecule has 0 aromatic heterocycles. The molecule has 0 aliphatic carbocycles. The number of β-amino-alcohol motifs (C(OH)–C–C–N with tert-alkyl or cyclic N) is 1. The van der Waals surface area contributed by atoms with Crippen LogP contribution in [0.5, 0.6) is 0 Å². The van der Waals surface area contributed by atoms with Crippen LogP contribution in [-0.2, 0) is 14.3 Å². The molecular formula is C19H27N3O5. The zero-order valence-electron chi connectivity index (χ0n) is 15.6. The summed E-state index contributed by atoms with van der Waals surface area (Å²) in [5, 5.41) is 11.5. The van der Waals surface area contributed by atoms with Gasteiger partial charge >= 0.3 is 17.8 Å². The zero-order valence-corrected chi connectivity index (χ0v) is 15.6. The molecule has 0 bridgehead atoms. The monoisotopic (exact) mass is 377 g/mol. The molecule has 0 radical (unpaired) electrons. The first-order chi connectivity index (χ1) is 13.1. The molecule has 1 aliphatic heterocycles. The summed E-state index contributed by atoms with van der Waals surface area (Å²) in [5.74, 6) is -1.93. The van der Waals surface area contributed by atoms with Gasteiger partial charge in [-0.3, -0.25) is 14.5 Å². The summed E-state index contributed by atoms with van der Waals surface area (Å²) in [5.41, 5.74) is 0.485. The molecule has 1 saturated heterocycles. The number of para-hydroxylation sites is 1. The summed E-state index contributed by atoms with van der Waals surface area (Å²) in [7, 11) is 0. The van der Waals surface area contributed by atoms with Crippen LogP contribution >= 0.6 is 0 Å². The standard InChI is InChI=1S/C19H27N3O5/c1-2-3-14-27-19(26)15-6-4-5-7-16(15)20-17(24)18(25)22-10-8-21(9-11-22)12-13-23/h4-7,23H,2-3,8-14H2,1H3,(H,20,24). The number of nitrogens with zero attached hydrogens (tertiary/aromatic N) is 2. The normalized spacial score (nSPS) is 14.7. The maximum absolute atomic E-state index is 12.4. The number of aliphatic hydroxyl groups is 1. The number of unbranched alkanes of at least 4 members (excludes halogenated alkanes) is 1. The fraction of sp³-hybridized carbons (Fsp3) is 0.526. The number of hydrogen-bond acceptors (Lipinski definition) is 6. The number of carbonyl (C=O) groups excluding carboxylic acids is 3. The Morgan fingerprint density at radius 2 is 1.85 bits per heavy atom. The van der Waals surface area contributed by atoms with Crippen LogP contribution in [0.2, 0.25) is 0 Å². The van der Waals surface area contributed by atoms with E-state index in [-0.39, 0.29) is 17.9 Å². The van der Waals surface area contributed by atoms with Crippen molar-refractivity contribution in [3.05, 3.63) is 29.8 Å². The number of benzene rings is 1. The third-order valence-corrected chi connectivity index (χ3v) is 4.40. The Balaban J connectivity index is 1.95. The number of aliphatic hydroxyl groups excluding tert-OH is 1. The molecule has 8 nitrogen and oxygen atoms in total. The molecule has 0 atom stereocenters. The van der Waals surface area contributed by atoms with Gasteiger partial charge in [-0.1, -0.05) is 25.5 Å². The summed E-state index contributed by atoms with van der Waals surface area (Å²) in [6.45, 7) is 5.01. The van der Waals surface area contributed by atoms with Crippen molar-refractivity contribution >= 4 is 23.5 Å². The molecule has 1 aromatic carbocycles. The first-order valence-corrected chi connectivity index (χ1v) is 9.26. The largest absolute Gasteiger partial charge is 0.462 e. The van der Waals surface area contributed by atoms with Crippen LogP contribution in [0.3, 0.4) is 0 Å². The maximum atomic E-state index is 12.4. The van der Waals surface area contributed by atoms with Gasteiger partial charge in [0.15, 0.2) is 0 Å². The molecule has 0 spiro atoms. The van der Waals surface area contributed by atoms with Crippen molar-refractivity contribution in [2.75, 3.05) is 51.3 Å². The minimum absolute atomic E-state index is 0.0690. The molecule has 148 valence electrons. The lowest BCUT2D eigenvalue weighted by molar-refractivity contribution is -0.144. The van der Waals surface area contributed by atoms with Crippen LogP contribution in [0.15, 0.2) is 24.3 Å². The van der Waals surface area contributed by atoms with E-state index in [9.17, 15) is 14.4 Å². The average Bonchev–Trinajstić information content (AvgIpc) is 2.68. The van der Waals surface area contributed by atoms with Crippen LogP contribution in [0, 0.1) is 0 Å². The second-order valence-corrected chi connectivity index (χ2v) is 6.35. The Labute approximate surface area is 159 Å². The number of nitrogens with one attached hydrogen (secondary N) is 1. The Hall–Kier alpha value is -2.45. The highest BCUT2D eigenvalue weighted by atomic mass is 16.5. The number of rotatable bonds is 7. The molecule has 0 unspecified atom stereocenters. The molecule has 1 aromatic rings. The molecule has 1 heterocycles. The first kappa shape index (κ1) is 20.9. The molecule has 0 saturated carbocycles. The van der Waals surface area contributed by atoms with Crippen molar-refractivity contribution in [1.29, 1.82) is 0 Å². The number of hydrogen-bond donors (Lipinski definition) is 2. The van der Waals surface area contributed by atoms with Crippen molar-refractivity contribution in [3.63, 3.8) is 0 Å². The first-order valence-electron chi connectivity index (χ1n) is 9.26. The van der Waals surface area contributed by atoms with E-state index in [1.54, 1.807) is 24.3 Å². The van der Waals surface area contributed by atoms with Crippen molar-refractivity contribution < 1.29 is 24.2 Å². The minimum atomic E-state index is -0.778. The Kier molecular flexibility index (Phi) is 8.22. The molecule has 1 fully saturated rings. The van der Waals surface area contributed by atoms with Crippen LogP contribution in [0.1, 0.15) is 30.1 Å². The molecule has 27 heavy (non-hydrogen) atoms. The Bertz CT molecular complexity index is 657. The van der Waals surface area contributed by atoms with Gasteiger partial charge < -0.3 is 20.1 Å². The van der Waals surface area contributed by atoms with E-state index in [1.165, 1.54) is 4.90 Å². The lowest BCUT2D eigenvalue weighted by Crippen LogP contribution is -2.52. The summed E-state index contributed by atoms with van der Waals surface area (Å²) < 4.78 is 5.19. The van der Waals surface area contributed by atoms with Gasteiger partial charge in [-0.15, -0.1) is 0 Å². The fourth-order valence-corrected chi connectivity index (χ4v) is 2.79. The highest BCUT2D eigenvalue weighted by molar-refractivity contribution is 6.39. The molecular weight excluding hydrogens is 350 g/mol. The molecule has 2 amide bonds. The Morgan fingerprint density at radius 3 is 2.52 bits per heavy atom. The van der Waals surface area contributed by atoms with Gasteiger partial charge in [-0.05, 0) is 18.6 Å². The number of carbonyl (C=O) groups is 3. The van der Waals surface area contributed by atoms with Gasteiger partial charge in [0, 0.05) is 32.7 Å². The van der Waals surface area contributed by atoms with Gasteiger partial charge in [-0.25, -0.2) is 4.79 Å². The van der Waals surface area contributed by atoms with Crippen molar-refractivity contribution in [2.45, 2.75) is 19.8 Å². The van der Waals surface area contributed by atoms with E-state index >= 15 is 0 Å². The van der Waals surface area contributed by atoms with Crippen LogP contribution in [0.25, 0.3) is 0 Å². The van der Waals surface area contributed by atoms with Crippen molar-refractivity contribution in [3.8, 4) is 0 Å². The number of amides is 2. The van der Waals surface area contributed by atoms with E-state index in [0.29, 0.717) is 39.3 Å². The van der Waals surface area contributed by atoms with E-state index in [4.69, 9.17) is 9.84 Å². The summed E-state index contributed by atoms with van der Waals surface area (Å²) in [4.78, 5) is 40.4. The highest BCUT2D eigenvalue weighted by Crippen LogP contribution is 2.17. The van der Waals surface area contributed by atoms with Gasteiger partial charge in [0.2, 0.25) is 0 Å². The lowest BCUT2D eigenvalue weighted by atomic mass is 10.1. The van der Waals surface area contributed by atoms with Crippen molar-refractivity contribution in [1.82, 2.24) is 9.80 Å². The van der Waals surface area contributed by atoms with E-state index < -0.39 is 17.8 Å². The lowest BCUT2D eigenvalue weighted by Gasteiger charge is -2.33. The van der Waals surface area contributed by atoms with Gasteiger partial charge in [0.25, 0.3) is 0 Å². The van der Waals surface area contributed by atoms with E-state index in [0.717, 1.165) is 12.8 Å². The second-order valence-electron chi connectivity index (χ2n) is 6.35. The predicted octanol–water partition coefficient (Wildman–Crippen LogP) is 0.719. The topological polar surface area (TPSA) is 99.2 Å². The van der Waals surface area contributed by atoms with Crippen molar-refractivity contribution in [2.24, 2.45) is 0 Å². The molecule has 8 heteroatoms. The van der Waals surface area contributed by atoms with E-state index in [1.807, 2.05) is 11.8 Å². The number of piperazine rings is 1. The summed E-state index contributed by atoms with van der Waals surface area (Å²) >= 11 is 0. The maximum Gasteiger partial charge on any atom is 0.340 e. The average molecular weight is 377 g/mol. The van der Waals surface area contributed by atoms with Crippen LogP contribution in [-0.4, -0.2) is 78.6 Å². The fourth-order valence-electron chi connectivity index (χ4n) is 2.79. The smallest absolute Gasteiger partial charge is 0.340 e. The van der Waals surface area contributed by atoms with E-state index in [2.05, 4.69) is 5.32 Å². The highest BCUT2D eigenvalue weighted by Gasteiger charge is 2.26. The number of ether oxygens (including phenoxy) is 1. The summed E-state index contributed by atoms with van der Waals surface area (Å²) in [6.07, 6.45) is 1.67. The number of anilines is 1. The number of esters is 1. The molecule has 2 N–H and O–H groups in total. The quantitative estimate of drug-likeness (QED) is 0.413. The van der Waals surface area contributed by atoms with Gasteiger partial charge in [0.05, 0.1) is 24.5 Å². The molecule has 1 aliphatic rings. The Morgan fingerprint density at radius 1 is 1.15 bits per heavy atom. The SMILES string of the molecule is CCCCOC(=O)c1ccccc1NC(=O)C(=O)N1CCN(CCO)CC1. The second kappa shape index (κ2) is 10.6. The third-order valence-electron chi connectivity index (χ3n) is 4.40.